The fraction of sp³-hybridized carbons (Fsp3) is 0.688. The van der Waals surface area contributed by atoms with Crippen LogP contribution < -0.4 is 5.43 Å². The van der Waals surface area contributed by atoms with E-state index in [0.29, 0.717) is 19.6 Å². The summed E-state index contributed by atoms with van der Waals surface area (Å²) in [4.78, 5) is 2.10. The number of fused-ring (bicyclic) bond motifs is 1. The van der Waals surface area contributed by atoms with Gasteiger partial charge in [0.15, 0.2) is 0 Å². The molecule has 5 nitrogen and oxygen atoms in total. The van der Waals surface area contributed by atoms with Crippen LogP contribution in [0.4, 0.5) is 4.39 Å². The van der Waals surface area contributed by atoms with Gasteiger partial charge in [-0.2, -0.15) is 5.10 Å². The van der Waals surface area contributed by atoms with Crippen LogP contribution in [0, 0.1) is 11.8 Å². The number of halogens is 1. The predicted octanol–water partition coefficient (Wildman–Crippen LogP) is 2.58. The Labute approximate surface area is 139 Å². The van der Waals surface area contributed by atoms with Gasteiger partial charge in [-0.1, -0.05) is 6.92 Å². The molecule has 0 spiro atoms. The lowest BCUT2D eigenvalue weighted by atomic mass is 9.86. The van der Waals surface area contributed by atoms with Crippen molar-refractivity contribution >= 4 is 15.1 Å². The average Bonchev–Trinajstić information content (AvgIpc) is 3.05. The highest BCUT2D eigenvalue weighted by Crippen LogP contribution is 2.44. The van der Waals surface area contributed by atoms with Crippen molar-refractivity contribution in [2.45, 2.75) is 39.1 Å². The van der Waals surface area contributed by atoms with Gasteiger partial charge in [0.1, 0.15) is 11.7 Å². The van der Waals surface area contributed by atoms with Crippen LogP contribution in [-0.4, -0.2) is 42.9 Å². The molecule has 1 aliphatic carbocycles. The second-order valence-corrected chi connectivity index (χ2v) is 7.06. The van der Waals surface area contributed by atoms with Gasteiger partial charge in [0.25, 0.3) is 0 Å². The van der Waals surface area contributed by atoms with E-state index in [1.54, 1.807) is 7.11 Å². The van der Waals surface area contributed by atoms with Gasteiger partial charge in [-0.15, -0.1) is 9.24 Å². The van der Waals surface area contributed by atoms with Gasteiger partial charge in [-0.25, -0.2) is 4.39 Å². The zero-order valence-electron chi connectivity index (χ0n) is 14.1. The van der Waals surface area contributed by atoms with Crippen LogP contribution in [-0.2, 0) is 9.47 Å². The molecule has 3 rings (SSSR count). The Morgan fingerprint density at radius 2 is 2.30 bits per heavy atom. The molecule has 2 aliphatic heterocycles. The number of rotatable bonds is 4. The normalized spacial score (nSPS) is 36.8. The molecule has 3 aliphatic rings. The first kappa shape index (κ1) is 16.9. The minimum Gasteiger partial charge on any atom is -0.377 e. The van der Waals surface area contributed by atoms with Gasteiger partial charge < -0.3 is 14.4 Å². The molecule has 1 saturated heterocycles. The molecule has 4 unspecified atom stereocenters. The molecular weight excluding hydrogens is 316 g/mol. The number of hydrogen-bond donors (Lipinski definition) is 1. The van der Waals surface area contributed by atoms with E-state index in [4.69, 9.17) is 9.47 Å². The van der Waals surface area contributed by atoms with E-state index in [0.717, 1.165) is 16.7 Å². The Balaban J connectivity index is 1.85. The summed E-state index contributed by atoms with van der Waals surface area (Å²) in [6, 6.07) is 0. The SMILES string of the molecule is CCOC1(C)NN=C2CC(C3=C(F)C(C)[C@@H](OC)C=C3P)CN21. The minimum absolute atomic E-state index is 0.0674. The fourth-order valence-electron chi connectivity index (χ4n) is 3.70. The average molecular weight is 341 g/mol. The first-order valence-electron chi connectivity index (χ1n) is 8.06. The minimum atomic E-state index is -0.629. The molecule has 2 heterocycles. The summed E-state index contributed by atoms with van der Waals surface area (Å²) in [5.41, 5.74) is 3.83. The van der Waals surface area contributed by atoms with Crippen molar-refractivity contribution in [2.24, 2.45) is 16.9 Å². The standard InChI is InChI=1S/C16H25FN3O2P/c1-5-22-16(3)19-18-13-6-10(8-20(13)16)14-12(23)7-11(21-4)9(2)15(14)17/h7,9-11,19H,5-6,8,23H2,1-4H3/t9?,10?,11-,16?/m0/s1. The van der Waals surface area contributed by atoms with Crippen molar-refractivity contribution in [1.29, 1.82) is 0 Å². The molecule has 0 saturated carbocycles. The molecule has 5 atom stereocenters. The molecule has 128 valence electrons. The number of ether oxygens (including phenoxy) is 2. The van der Waals surface area contributed by atoms with Gasteiger partial charge in [0.2, 0.25) is 5.85 Å². The highest BCUT2D eigenvalue weighted by molar-refractivity contribution is 7.23. The Kier molecular flexibility index (Phi) is 4.51. The highest BCUT2D eigenvalue weighted by Gasteiger charge is 2.47. The molecule has 0 aromatic carbocycles. The van der Waals surface area contributed by atoms with E-state index in [9.17, 15) is 4.39 Å². The summed E-state index contributed by atoms with van der Waals surface area (Å²) in [6.45, 7) is 7.07. The summed E-state index contributed by atoms with van der Waals surface area (Å²) in [6.07, 6.45) is 2.51. The third-order valence-electron chi connectivity index (χ3n) is 4.96. The predicted molar refractivity (Wildman–Crippen MR) is 91.3 cm³/mol. The van der Waals surface area contributed by atoms with Crippen LogP contribution in [0.3, 0.4) is 0 Å². The van der Waals surface area contributed by atoms with Crippen molar-refractivity contribution in [3.63, 3.8) is 0 Å². The second kappa shape index (κ2) is 6.15. The Hall–Kier alpha value is -0.970. The topological polar surface area (TPSA) is 46.1 Å². The number of allylic oxidation sites excluding steroid dienone is 1. The molecule has 0 amide bonds. The summed E-state index contributed by atoms with van der Waals surface area (Å²) >= 11 is 0. The third-order valence-corrected chi connectivity index (χ3v) is 5.46. The van der Waals surface area contributed by atoms with Crippen LogP contribution in [0.25, 0.3) is 0 Å². The van der Waals surface area contributed by atoms with Crippen LogP contribution in [0.2, 0.25) is 0 Å². The molecule has 1 fully saturated rings. The second-order valence-electron chi connectivity index (χ2n) is 6.44. The molecule has 0 radical (unpaired) electrons. The lowest BCUT2D eigenvalue weighted by Gasteiger charge is -2.34. The van der Waals surface area contributed by atoms with E-state index in [2.05, 4.69) is 24.7 Å². The Bertz CT molecular complexity index is 592. The molecule has 0 aromatic heterocycles. The quantitative estimate of drug-likeness (QED) is 0.799. The summed E-state index contributed by atoms with van der Waals surface area (Å²) in [5, 5.41) is 5.28. The van der Waals surface area contributed by atoms with E-state index in [1.165, 1.54) is 0 Å². The molecule has 7 heteroatoms. The zero-order chi connectivity index (χ0) is 16.8. The van der Waals surface area contributed by atoms with Gasteiger partial charge in [-0.3, -0.25) is 5.43 Å². The van der Waals surface area contributed by atoms with E-state index < -0.39 is 5.85 Å². The van der Waals surface area contributed by atoms with Crippen molar-refractivity contribution < 1.29 is 13.9 Å². The summed E-state index contributed by atoms with van der Waals surface area (Å²) in [7, 11) is 4.28. The molecule has 0 aromatic rings. The number of methoxy groups -OCH3 is 1. The number of nitrogens with one attached hydrogen (secondary N) is 1. The number of amidine groups is 1. The van der Waals surface area contributed by atoms with Crippen LogP contribution in [0.5, 0.6) is 0 Å². The smallest absolute Gasteiger partial charge is 0.232 e. The van der Waals surface area contributed by atoms with Gasteiger partial charge in [0, 0.05) is 45.4 Å². The van der Waals surface area contributed by atoms with Gasteiger partial charge in [0.05, 0.1) is 6.10 Å². The van der Waals surface area contributed by atoms with Crippen molar-refractivity contribution in [3.8, 4) is 0 Å². The molecule has 0 bridgehead atoms. The van der Waals surface area contributed by atoms with E-state index >= 15 is 0 Å². The Morgan fingerprint density at radius 3 is 2.96 bits per heavy atom. The van der Waals surface area contributed by atoms with Gasteiger partial charge in [-0.05, 0) is 23.9 Å². The van der Waals surface area contributed by atoms with E-state index in [1.807, 2.05) is 26.8 Å². The van der Waals surface area contributed by atoms with Crippen LogP contribution in [0.15, 0.2) is 27.9 Å². The maximum Gasteiger partial charge on any atom is 0.232 e. The number of nitrogens with zero attached hydrogens (tertiary/aromatic N) is 2. The highest BCUT2D eigenvalue weighted by atomic mass is 31.0. The van der Waals surface area contributed by atoms with Crippen molar-refractivity contribution in [3.05, 3.63) is 22.8 Å². The number of hydrogen-bond acceptors (Lipinski definition) is 5. The molecule has 23 heavy (non-hydrogen) atoms. The first-order valence-corrected chi connectivity index (χ1v) is 8.64. The zero-order valence-corrected chi connectivity index (χ0v) is 15.3. The summed E-state index contributed by atoms with van der Waals surface area (Å²) in [5.74, 6) is 0.0659. The largest absolute Gasteiger partial charge is 0.377 e. The molecule has 1 N–H and O–H groups in total. The third kappa shape index (κ3) is 2.71. The van der Waals surface area contributed by atoms with E-state index in [-0.39, 0.29) is 23.8 Å². The first-order chi connectivity index (χ1) is 10.9. The van der Waals surface area contributed by atoms with Crippen LogP contribution in [0.1, 0.15) is 27.2 Å². The monoisotopic (exact) mass is 341 g/mol. The lowest BCUT2D eigenvalue weighted by molar-refractivity contribution is -0.120. The Morgan fingerprint density at radius 1 is 1.57 bits per heavy atom. The lowest BCUT2D eigenvalue weighted by Crippen LogP contribution is -2.52. The van der Waals surface area contributed by atoms with Crippen molar-refractivity contribution in [2.75, 3.05) is 20.3 Å². The maximum absolute atomic E-state index is 14.9. The van der Waals surface area contributed by atoms with Crippen molar-refractivity contribution in [1.82, 2.24) is 10.3 Å². The van der Waals surface area contributed by atoms with Crippen LogP contribution >= 0.6 is 9.24 Å². The number of hydrazone groups is 1. The maximum atomic E-state index is 14.9. The summed E-state index contributed by atoms with van der Waals surface area (Å²) < 4.78 is 26.1. The fourth-order valence-corrected chi connectivity index (χ4v) is 4.27. The molecular formula is C16H25FN3O2P. The van der Waals surface area contributed by atoms with Gasteiger partial charge >= 0.3 is 0 Å².